The first-order valence-corrected chi connectivity index (χ1v) is 6.61. The maximum atomic E-state index is 13.0. The number of carbonyl (C=O) groups excluding carboxylic acids is 1. The Bertz CT molecular complexity index is 654. The molecule has 0 radical (unpaired) electrons. The lowest BCUT2D eigenvalue weighted by Crippen LogP contribution is -2.43. The van der Waals surface area contributed by atoms with E-state index in [-0.39, 0.29) is 23.3 Å². The molecule has 7 heteroatoms. The number of hydrogen-bond donors (Lipinski definition) is 1. The van der Waals surface area contributed by atoms with Crippen molar-refractivity contribution in [3.05, 3.63) is 46.5 Å². The van der Waals surface area contributed by atoms with Gasteiger partial charge >= 0.3 is 0 Å². The van der Waals surface area contributed by atoms with Crippen molar-refractivity contribution in [1.29, 1.82) is 0 Å². The van der Waals surface area contributed by atoms with Gasteiger partial charge in [-0.15, -0.1) is 5.10 Å². The van der Waals surface area contributed by atoms with Gasteiger partial charge in [0.2, 0.25) is 0 Å². The fourth-order valence-corrected chi connectivity index (χ4v) is 2.17. The molecule has 0 spiro atoms. The highest BCUT2D eigenvalue weighted by Crippen LogP contribution is 2.17. The Kier molecular flexibility index (Phi) is 3.50. The van der Waals surface area contributed by atoms with E-state index in [1.54, 1.807) is 16.9 Å². The Balaban J connectivity index is 1.71. The summed E-state index contributed by atoms with van der Waals surface area (Å²) < 4.78 is 14.7. The van der Waals surface area contributed by atoms with Crippen LogP contribution in [-0.2, 0) is 6.42 Å². The van der Waals surface area contributed by atoms with Crippen LogP contribution in [0, 0.1) is 5.82 Å². The fraction of sp³-hybridized carbons (Fsp3) is 0.308. The summed E-state index contributed by atoms with van der Waals surface area (Å²) in [5, 5.41) is 11.0. The van der Waals surface area contributed by atoms with Crippen LogP contribution in [0.4, 0.5) is 4.39 Å². The van der Waals surface area contributed by atoms with Crippen molar-refractivity contribution in [2.24, 2.45) is 0 Å². The van der Waals surface area contributed by atoms with Gasteiger partial charge in [0.05, 0.1) is 17.3 Å². The Morgan fingerprint density at radius 2 is 2.30 bits per heavy atom. The summed E-state index contributed by atoms with van der Waals surface area (Å²) in [6.45, 7) is 1.68. The molecule has 0 atom stereocenters. The first kappa shape index (κ1) is 13.2. The molecule has 1 aromatic carbocycles. The topological polar surface area (TPSA) is 59.8 Å². The number of nitrogens with zero attached hydrogens (tertiary/aromatic N) is 3. The van der Waals surface area contributed by atoms with Crippen molar-refractivity contribution >= 4 is 17.4 Å². The van der Waals surface area contributed by atoms with Gasteiger partial charge in [-0.3, -0.25) is 4.79 Å². The summed E-state index contributed by atoms with van der Waals surface area (Å²) in [7, 11) is 0. The second-order valence-corrected chi connectivity index (χ2v) is 5.15. The molecule has 2 heterocycles. The van der Waals surface area contributed by atoms with Crippen LogP contribution in [0.25, 0.3) is 0 Å². The molecule has 1 aliphatic heterocycles. The number of carbonyl (C=O) groups is 1. The smallest absolute Gasteiger partial charge is 0.189 e. The van der Waals surface area contributed by atoms with Crippen LogP contribution in [0.1, 0.15) is 22.1 Å². The van der Waals surface area contributed by atoms with E-state index in [4.69, 9.17) is 11.6 Å². The third kappa shape index (κ3) is 2.57. The molecule has 0 amide bonds. The molecule has 0 bridgehead atoms. The molecule has 3 rings (SSSR count). The lowest BCUT2D eigenvalue weighted by Gasteiger charge is -2.26. The van der Waals surface area contributed by atoms with Crippen LogP contribution in [0.15, 0.2) is 24.4 Å². The van der Waals surface area contributed by atoms with E-state index in [1.807, 2.05) is 0 Å². The number of hydrogen-bond acceptors (Lipinski definition) is 4. The zero-order valence-corrected chi connectivity index (χ0v) is 11.3. The van der Waals surface area contributed by atoms with Crippen molar-refractivity contribution in [3.8, 4) is 0 Å². The van der Waals surface area contributed by atoms with Crippen LogP contribution in [-0.4, -0.2) is 33.9 Å². The Morgan fingerprint density at radius 3 is 2.95 bits per heavy atom. The van der Waals surface area contributed by atoms with Crippen LogP contribution < -0.4 is 5.32 Å². The second kappa shape index (κ2) is 5.30. The van der Waals surface area contributed by atoms with E-state index in [0.717, 1.165) is 13.1 Å². The van der Waals surface area contributed by atoms with E-state index in [1.165, 1.54) is 12.1 Å². The van der Waals surface area contributed by atoms with Gasteiger partial charge in [0.1, 0.15) is 11.5 Å². The molecular weight excluding hydrogens is 283 g/mol. The Labute approximate surface area is 119 Å². The minimum absolute atomic E-state index is 0.0134. The minimum atomic E-state index is -0.494. The Morgan fingerprint density at radius 1 is 1.50 bits per heavy atom. The van der Waals surface area contributed by atoms with Crippen molar-refractivity contribution in [3.63, 3.8) is 0 Å². The van der Waals surface area contributed by atoms with E-state index in [2.05, 4.69) is 15.6 Å². The zero-order chi connectivity index (χ0) is 14.1. The number of rotatable bonds is 4. The molecule has 1 aromatic heterocycles. The molecule has 1 N–H and O–H groups in total. The predicted octanol–water partition coefficient (Wildman–Crippen LogP) is 1.64. The third-order valence-electron chi connectivity index (χ3n) is 3.28. The summed E-state index contributed by atoms with van der Waals surface area (Å²) in [5.74, 6) is -0.655. The van der Waals surface area contributed by atoms with Crippen molar-refractivity contribution in [2.45, 2.75) is 12.5 Å². The van der Waals surface area contributed by atoms with Crippen LogP contribution in [0.3, 0.4) is 0 Å². The molecule has 1 fully saturated rings. The highest BCUT2D eigenvalue weighted by atomic mass is 35.5. The molecule has 5 nitrogen and oxygen atoms in total. The average Bonchev–Trinajstić information content (AvgIpc) is 2.81. The Hall–Kier alpha value is -1.79. The van der Waals surface area contributed by atoms with Crippen molar-refractivity contribution in [1.82, 2.24) is 20.3 Å². The van der Waals surface area contributed by atoms with Crippen LogP contribution in [0.2, 0.25) is 5.02 Å². The molecule has 0 saturated carbocycles. The molecule has 1 saturated heterocycles. The van der Waals surface area contributed by atoms with Gasteiger partial charge in [0, 0.05) is 19.5 Å². The van der Waals surface area contributed by atoms with E-state index < -0.39 is 5.82 Å². The number of benzene rings is 1. The molecule has 0 aliphatic carbocycles. The first-order valence-electron chi connectivity index (χ1n) is 6.23. The molecule has 0 unspecified atom stereocenters. The second-order valence-electron chi connectivity index (χ2n) is 4.74. The summed E-state index contributed by atoms with van der Waals surface area (Å²) in [5.41, 5.74) is 0.971. The summed E-state index contributed by atoms with van der Waals surface area (Å²) >= 11 is 5.69. The molecule has 1 aliphatic rings. The number of ketones is 1. The maximum Gasteiger partial charge on any atom is 0.189 e. The maximum absolute atomic E-state index is 13.0. The predicted molar refractivity (Wildman–Crippen MR) is 71.4 cm³/mol. The van der Waals surface area contributed by atoms with Gasteiger partial charge in [-0.2, -0.15) is 0 Å². The molecule has 20 heavy (non-hydrogen) atoms. The van der Waals surface area contributed by atoms with Gasteiger partial charge in [0.25, 0.3) is 0 Å². The van der Waals surface area contributed by atoms with Gasteiger partial charge in [-0.25, -0.2) is 9.07 Å². The lowest BCUT2D eigenvalue weighted by atomic mass is 10.1. The van der Waals surface area contributed by atoms with Crippen molar-refractivity contribution in [2.75, 3.05) is 13.1 Å². The molecule has 104 valence electrons. The molecular formula is C13H12ClFN4O. The van der Waals surface area contributed by atoms with E-state index in [0.29, 0.717) is 11.3 Å². The van der Waals surface area contributed by atoms with Gasteiger partial charge in [-0.05, 0) is 17.7 Å². The van der Waals surface area contributed by atoms with Gasteiger partial charge in [0.15, 0.2) is 5.78 Å². The number of aromatic nitrogens is 3. The first-order chi connectivity index (χ1) is 9.63. The largest absolute Gasteiger partial charge is 0.312 e. The van der Waals surface area contributed by atoms with E-state index in [9.17, 15) is 9.18 Å². The minimum Gasteiger partial charge on any atom is -0.312 e. The summed E-state index contributed by atoms with van der Waals surface area (Å²) in [6, 6.07) is 4.51. The SMILES string of the molecule is O=C(Cc1ccc(F)c(Cl)c1)c1cn(C2CNC2)nn1. The standard InChI is InChI=1S/C13H12ClFN4O/c14-10-3-8(1-2-11(10)15)4-13(20)12-7-19(18-17-12)9-5-16-6-9/h1-3,7,9,16H,4-6H2. The third-order valence-corrected chi connectivity index (χ3v) is 3.57. The monoisotopic (exact) mass is 294 g/mol. The lowest BCUT2D eigenvalue weighted by molar-refractivity contribution is 0.0988. The number of halogens is 2. The zero-order valence-electron chi connectivity index (χ0n) is 10.5. The average molecular weight is 295 g/mol. The summed E-state index contributed by atoms with van der Waals surface area (Å²) in [6.07, 6.45) is 1.78. The highest BCUT2D eigenvalue weighted by Gasteiger charge is 2.21. The van der Waals surface area contributed by atoms with Crippen LogP contribution in [0.5, 0.6) is 0 Å². The number of Topliss-reactive ketones (excluding diaryl/α,β-unsaturated/α-hetero) is 1. The quantitative estimate of drug-likeness (QED) is 0.871. The van der Waals surface area contributed by atoms with Gasteiger partial charge in [-0.1, -0.05) is 22.9 Å². The summed E-state index contributed by atoms with van der Waals surface area (Å²) in [4.78, 5) is 12.1. The molecule has 2 aromatic rings. The normalized spacial score (nSPS) is 15.1. The fourth-order valence-electron chi connectivity index (χ4n) is 1.97. The van der Waals surface area contributed by atoms with Gasteiger partial charge < -0.3 is 5.32 Å². The van der Waals surface area contributed by atoms with Crippen molar-refractivity contribution < 1.29 is 9.18 Å². The highest BCUT2D eigenvalue weighted by molar-refractivity contribution is 6.30. The van der Waals surface area contributed by atoms with E-state index >= 15 is 0 Å². The van der Waals surface area contributed by atoms with Crippen LogP contribution >= 0.6 is 11.6 Å². The number of nitrogens with one attached hydrogen (secondary N) is 1.